The zero-order chi connectivity index (χ0) is 11.8. The lowest BCUT2D eigenvalue weighted by atomic mass is 10.0. The van der Waals surface area contributed by atoms with Gasteiger partial charge >= 0.3 is 0 Å². The van der Waals surface area contributed by atoms with Crippen molar-refractivity contribution in [3.8, 4) is 0 Å². The minimum absolute atomic E-state index is 0.0317. The van der Waals surface area contributed by atoms with Gasteiger partial charge < -0.3 is 29.2 Å². The molecule has 0 aromatic carbocycles. The molecule has 90 valence electrons. The maximum atomic E-state index is 10.4. The van der Waals surface area contributed by atoms with Crippen molar-refractivity contribution >= 4 is 6.29 Å². The molecular weight excluding hydrogens is 204 g/mol. The molecule has 6 heteroatoms. The highest BCUT2D eigenvalue weighted by Crippen LogP contribution is 2.11. The average Bonchev–Trinajstić information content (AvgIpc) is 2.24. The summed E-state index contributed by atoms with van der Waals surface area (Å²) in [5, 5.41) is 18.9. The summed E-state index contributed by atoms with van der Waals surface area (Å²) in [6.07, 6.45) is -3.72. The molecule has 4 atom stereocenters. The Bertz CT molecular complexity index is 174. The van der Waals surface area contributed by atoms with Crippen molar-refractivity contribution in [2.75, 3.05) is 27.9 Å². The fraction of sp³-hybridized carbons (Fsp3) is 0.889. The van der Waals surface area contributed by atoms with Crippen LogP contribution in [0.15, 0.2) is 0 Å². The second-order valence-corrected chi connectivity index (χ2v) is 3.05. The second-order valence-electron chi connectivity index (χ2n) is 3.05. The van der Waals surface area contributed by atoms with Crippen molar-refractivity contribution in [2.45, 2.75) is 24.4 Å². The summed E-state index contributed by atoms with van der Waals surface area (Å²) < 4.78 is 14.6. The third kappa shape index (κ3) is 4.23. The molecule has 0 amide bonds. The second kappa shape index (κ2) is 7.72. The Labute approximate surface area is 88.7 Å². The number of aliphatic hydroxyl groups is 2. The first-order chi connectivity index (χ1) is 7.12. The summed E-state index contributed by atoms with van der Waals surface area (Å²) in [5.74, 6) is 0. The van der Waals surface area contributed by atoms with Gasteiger partial charge in [-0.3, -0.25) is 0 Å². The first-order valence-electron chi connectivity index (χ1n) is 4.48. The van der Waals surface area contributed by atoms with Crippen LogP contribution in [0.25, 0.3) is 0 Å². The van der Waals surface area contributed by atoms with Gasteiger partial charge in [-0.05, 0) is 0 Å². The number of hydrogen-bond acceptors (Lipinski definition) is 6. The molecular formula is C9H18O6. The van der Waals surface area contributed by atoms with Gasteiger partial charge in [0.1, 0.15) is 24.4 Å². The van der Waals surface area contributed by atoms with Crippen molar-refractivity contribution in [3.05, 3.63) is 0 Å². The van der Waals surface area contributed by atoms with E-state index in [-0.39, 0.29) is 6.61 Å². The predicted molar refractivity (Wildman–Crippen MR) is 51.5 cm³/mol. The summed E-state index contributed by atoms with van der Waals surface area (Å²) in [5.41, 5.74) is 0. The summed E-state index contributed by atoms with van der Waals surface area (Å²) >= 11 is 0. The van der Waals surface area contributed by atoms with E-state index in [1.807, 2.05) is 0 Å². The van der Waals surface area contributed by atoms with Gasteiger partial charge in [-0.1, -0.05) is 0 Å². The quantitative estimate of drug-likeness (QED) is 0.490. The molecule has 0 aromatic heterocycles. The van der Waals surface area contributed by atoms with Crippen LogP contribution in [0.3, 0.4) is 0 Å². The summed E-state index contributed by atoms with van der Waals surface area (Å²) in [4.78, 5) is 10.4. The number of aldehydes is 1. The van der Waals surface area contributed by atoms with Crippen LogP contribution in [0.5, 0.6) is 0 Å². The van der Waals surface area contributed by atoms with Crippen LogP contribution in [0.4, 0.5) is 0 Å². The molecule has 0 bridgehead atoms. The van der Waals surface area contributed by atoms with E-state index < -0.39 is 24.4 Å². The third-order valence-electron chi connectivity index (χ3n) is 2.06. The normalized spacial score (nSPS) is 19.3. The monoisotopic (exact) mass is 222 g/mol. The molecule has 0 spiro atoms. The van der Waals surface area contributed by atoms with Crippen LogP contribution < -0.4 is 0 Å². The van der Waals surface area contributed by atoms with E-state index in [2.05, 4.69) is 0 Å². The number of aliphatic hydroxyl groups excluding tert-OH is 2. The number of ether oxygens (including phenoxy) is 3. The van der Waals surface area contributed by atoms with Crippen molar-refractivity contribution in [2.24, 2.45) is 0 Å². The topological polar surface area (TPSA) is 85.2 Å². The number of carbonyl (C=O) groups is 1. The van der Waals surface area contributed by atoms with E-state index >= 15 is 0 Å². The van der Waals surface area contributed by atoms with Crippen LogP contribution in [0, 0.1) is 0 Å². The van der Waals surface area contributed by atoms with Crippen molar-refractivity contribution in [3.63, 3.8) is 0 Å². The van der Waals surface area contributed by atoms with Gasteiger partial charge in [0.05, 0.1) is 6.61 Å². The Morgan fingerprint density at radius 2 is 1.67 bits per heavy atom. The van der Waals surface area contributed by atoms with E-state index in [0.29, 0.717) is 6.29 Å². The molecule has 0 aliphatic carbocycles. The Kier molecular flexibility index (Phi) is 7.45. The number of carbonyl (C=O) groups excluding carboxylic acids is 1. The lowest BCUT2D eigenvalue weighted by Crippen LogP contribution is -2.48. The Morgan fingerprint density at radius 3 is 2.00 bits per heavy atom. The van der Waals surface area contributed by atoms with Crippen molar-refractivity contribution < 1.29 is 29.2 Å². The van der Waals surface area contributed by atoms with E-state index in [1.165, 1.54) is 21.3 Å². The molecule has 0 heterocycles. The van der Waals surface area contributed by atoms with Gasteiger partial charge in [-0.2, -0.15) is 0 Å². The highest BCUT2D eigenvalue weighted by Gasteiger charge is 2.33. The molecule has 0 rings (SSSR count). The van der Waals surface area contributed by atoms with Gasteiger partial charge in [0.15, 0.2) is 6.29 Å². The number of hydrogen-bond donors (Lipinski definition) is 2. The summed E-state index contributed by atoms with van der Waals surface area (Å²) in [6.45, 7) is 0.0317. The lowest BCUT2D eigenvalue weighted by Gasteiger charge is -2.29. The zero-order valence-corrected chi connectivity index (χ0v) is 9.12. The largest absolute Gasteiger partial charge is 0.388 e. The maximum Gasteiger partial charge on any atom is 0.151 e. The van der Waals surface area contributed by atoms with Crippen LogP contribution in [-0.4, -0.2) is 68.9 Å². The number of rotatable bonds is 8. The Balaban J connectivity index is 4.51. The van der Waals surface area contributed by atoms with E-state index in [9.17, 15) is 15.0 Å². The standard InChI is InChI=1S/C9H18O6/c1-13-5-7(12)9(15-3)8(14-2)6(11)4-10/h4,6-9,11-12H,5H2,1-3H3. The molecule has 15 heavy (non-hydrogen) atoms. The maximum absolute atomic E-state index is 10.4. The summed E-state index contributed by atoms with van der Waals surface area (Å²) in [7, 11) is 4.10. The average molecular weight is 222 g/mol. The molecule has 0 saturated heterocycles. The first kappa shape index (κ1) is 14.5. The van der Waals surface area contributed by atoms with Gasteiger partial charge in [0, 0.05) is 21.3 Å². The molecule has 2 N–H and O–H groups in total. The van der Waals surface area contributed by atoms with Gasteiger partial charge in [-0.15, -0.1) is 0 Å². The molecule has 6 nitrogen and oxygen atoms in total. The Morgan fingerprint density at radius 1 is 1.13 bits per heavy atom. The minimum Gasteiger partial charge on any atom is -0.388 e. The fourth-order valence-corrected chi connectivity index (χ4v) is 1.32. The Hall–Kier alpha value is -0.530. The zero-order valence-electron chi connectivity index (χ0n) is 9.12. The van der Waals surface area contributed by atoms with Crippen molar-refractivity contribution in [1.82, 2.24) is 0 Å². The molecule has 0 saturated carbocycles. The van der Waals surface area contributed by atoms with Gasteiger partial charge in [0.2, 0.25) is 0 Å². The smallest absolute Gasteiger partial charge is 0.151 e. The van der Waals surface area contributed by atoms with Crippen LogP contribution in [-0.2, 0) is 19.0 Å². The van der Waals surface area contributed by atoms with E-state index in [0.717, 1.165) is 0 Å². The third-order valence-corrected chi connectivity index (χ3v) is 2.06. The predicted octanol–water partition coefficient (Wildman–Crippen LogP) is -1.42. The SMILES string of the molecule is COCC(O)C(OC)C(OC)C(O)C=O. The highest BCUT2D eigenvalue weighted by molar-refractivity contribution is 5.56. The molecule has 4 unspecified atom stereocenters. The highest BCUT2D eigenvalue weighted by atomic mass is 16.6. The molecule has 0 aromatic rings. The van der Waals surface area contributed by atoms with Crippen molar-refractivity contribution in [1.29, 1.82) is 0 Å². The number of methoxy groups -OCH3 is 3. The fourth-order valence-electron chi connectivity index (χ4n) is 1.32. The lowest BCUT2D eigenvalue weighted by molar-refractivity contribution is -0.151. The molecule has 0 aliphatic heterocycles. The van der Waals surface area contributed by atoms with E-state index in [4.69, 9.17) is 14.2 Å². The van der Waals surface area contributed by atoms with Crippen LogP contribution >= 0.6 is 0 Å². The van der Waals surface area contributed by atoms with Crippen LogP contribution in [0.2, 0.25) is 0 Å². The minimum atomic E-state index is -1.34. The van der Waals surface area contributed by atoms with Gasteiger partial charge in [0.25, 0.3) is 0 Å². The van der Waals surface area contributed by atoms with Crippen LogP contribution in [0.1, 0.15) is 0 Å². The summed E-state index contributed by atoms with van der Waals surface area (Å²) in [6, 6.07) is 0. The van der Waals surface area contributed by atoms with E-state index in [1.54, 1.807) is 0 Å². The van der Waals surface area contributed by atoms with Gasteiger partial charge in [-0.25, -0.2) is 0 Å². The molecule has 0 aliphatic rings. The molecule has 0 radical (unpaired) electrons. The molecule has 0 fully saturated rings. The first-order valence-corrected chi connectivity index (χ1v) is 4.48.